The topological polar surface area (TPSA) is 165 Å². The van der Waals surface area contributed by atoms with Crippen molar-refractivity contribution < 1.29 is 31.5 Å². The fourth-order valence-corrected chi connectivity index (χ4v) is 6.02. The molecule has 1 aliphatic rings. The van der Waals surface area contributed by atoms with Crippen LogP contribution in [0.2, 0.25) is 0 Å². The number of pyridine rings is 2. The number of nitrogens with one attached hydrogen (secondary N) is 2. The number of piperazine rings is 1. The van der Waals surface area contributed by atoms with Crippen LogP contribution in [0.1, 0.15) is 49.2 Å². The van der Waals surface area contributed by atoms with Crippen LogP contribution in [0, 0.1) is 23.0 Å². The number of aromatic nitrogens is 3. The van der Waals surface area contributed by atoms with Gasteiger partial charge in [0.15, 0.2) is 5.82 Å². The van der Waals surface area contributed by atoms with Crippen LogP contribution in [0.3, 0.4) is 0 Å². The molecule has 0 atom stereocenters. The highest BCUT2D eigenvalue weighted by Crippen LogP contribution is 2.31. The predicted molar refractivity (Wildman–Crippen MR) is 175 cm³/mol. The van der Waals surface area contributed by atoms with E-state index >= 15 is 4.39 Å². The summed E-state index contributed by atoms with van der Waals surface area (Å²) in [5, 5.41) is 10.2. The largest absolute Gasteiger partial charge is 0.444 e. The molecule has 1 aromatic carbocycles. The number of ketones is 1. The zero-order valence-corrected chi connectivity index (χ0v) is 27.8. The van der Waals surface area contributed by atoms with Crippen LogP contribution in [-0.4, -0.2) is 89.8 Å². The maximum atomic E-state index is 15.5. The molecule has 0 bridgehead atoms. The van der Waals surface area contributed by atoms with Gasteiger partial charge in [-0.3, -0.25) is 9.52 Å². The predicted octanol–water partition coefficient (Wildman–Crippen LogP) is 4.67. The highest BCUT2D eigenvalue weighted by Gasteiger charge is 2.29. The van der Waals surface area contributed by atoms with Crippen molar-refractivity contribution in [2.24, 2.45) is 0 Å². The third kappa shape index (κ3) is 6.92. The Kier molecular flexibility index (Phi) is 9.38. The standard InChI is InChI=1S/C32H34F2N8O5S/c1-6-40(5)48(45,46)39-25-8-7-24(33)26(27(25)34)28(43)23-18-37-29-22(23)14-21(16-36-29)20-13-19(15-35)30(38-17-20)41-9-11-42(12-10-41)31(44)47-32(2,3)4/h7-8,13-14,16-18,39H,6,9-12H2,1-5H3,(H,36,37). The summed E-state index contributed by atoms with van der Waals surface area (Å²) in [5.74, 6) is -3.12. The van der Waals surface area contributed by atoms with Gasteiger partial charge in [-0.1, -0.05) is 6.92 Å². The number of nitriles is 1. The second-order valence-corrected chi connectivity index (χ2v) is 13.9. The molecule has 0 saturated carbocycles. The Bertz CT molecular complexity index is 2050. The van der Waals surface area contributed by atoms with Gasteiger partial charge < -0.3 is 19.5 Å². The Balaban J connectivity index is 1.41. The van der Waals surface area contributed by atoms with Gasteiger partial charge in [0.2, 0.25) is 5.78 Å². The Labute approximate surface area is 276 Å². The minimum atomic E-state index is -4.15. The van der Waals surface area contributed by atoms with Crippen molar-refractivity contribution in [1.29, 1.82) is 5.26 Å². The molecule has 2 N–H and O–H groups in total. The van der Waals surface area contributed by atoms with Crippen molar-refractivity contribution in [2.45, 2.75) is 33.3 Å². The van der Waals surface area contributed by atoms with Gasteiger partial charge in [0, 0.05) is 80.4 Å². The van der Waals surface area contributed by atoms with Crippen LogP contribution in [0.15, 0.2) is 42.9 Å². The van der Waals surface area contributed by atoms with Gasteiger partial charge >= 0.3 is 16.3 Å². The first-order valence-electron chi connectivity index (χ1n) is 15.0. The summed E-state index contributed by atoms with van der Waals surface area (Å²) in [6, 6.07) is 7.10. The molecule has 1 fully saturated rings. The molecule has 4 aromatic rings. The fourth-order valence-electron chi connectivity index (χ4n) is 5.09. The van der Waals surface area contributed by atoms with Crippen LogP contribution in [0.25, 0.3) is 22.2 Å². The normalized spacial score (nSPS) is 13.9. The number of H-pyrrole nitrogens is 1. The highest BCUT2D eigenvalue weighted by atomic mass is 32.2. The van der Waals surface area contributed by atoms with Gasteiger partial charge in [-0.25, -0.2) is 23.5 Å². The van der Waals surface area contributed by atoms with E-state index in [0.29, 0.717) is 43.1 Å². The number of benzene rings is 1. The van der Waals surface area contributed by atoms with Gasteiger partial charge in [-0.05, 0) is 45.0 Å². The molecular weight excluding hydrogens is 646 g/mol. The first-order chi connectivity index (χ1) is 22.6. The molecule has 0 aliphatic carbocycles. The zero-order chi connectivity index (χ0) is 35.0. The fraction of sp³-hybridized carbons (Fsp3) is 0.344. The monoisotopic (exact) mass is 680 g/mol. The van der Waals surface area contributed by atoms with Gasteiger partial charge in [-0.2, -0.15) is 18.0 Å². The van der Waals surface area contributed by atoms with Crippen LogP contribution in [-0.2, 0) is 14.9 Å². The van der Waals surface area contributed by atoms with Crippen molar-refractivity contribution in [3.8, 4) is 17.2 Å². The Morgan fingerprint density at radius 2 is 1.77 bits per heavy atom. The summed E-state index contributed by atoms with van der Waals surface area (Å²) in [4.78, 5) is 41.2. The van der Waals surface area contributed by atoms with E-state index in [-0.39, 0.29) is 28.7 Å². The van der Waals surface area contributed by atoms with E-state index in [2.05, 4.69) is 25.7 Å². The van der Waals surface area contributed by atoms with Crippen molar-refractivity contribution in [3.05, 3.63) is 71.2 Å². The molecule has 1 amide bonds. The van der Waals surface area contributed by atoms with Crippen molar-refractivity contribution in [2.75, 3.05) is 49.4 Å². The molecule has 4 heterocycles. The summed E-state index contributed by atoms with van der Waals surface area (Å²) >= 11 is 0. The molecule has 48 heavy (non-hydrogen) atoms. The number of fused-ring (bicyclic) bond motifs is 1. The number of halogens is 2. The van der Waals surface area contributed by atoms with Crippen molar-refractivity contribution >= 4 is 44.6 Å². The lowest BCUT2D eigenvalue weighted by atomic mass is 10.00. The third-order valence-corrected chi connectivity index (χ3v) is 9.30. The smallest absolute Gasteiger partial charge is 0.410 e. The Morgan fingerprint density at radius 3 is 2.42 bits per heavy atom. The van der Waals surface area contributed by atoms with E-state index in [9.17, 15) is 27.7 Å². The lowest BCUT2D eigenvalue weighted by Crippen LogP contribution is -2.50. The number of rotatable bonds is 8. The molecule has 3 aromatic heterocycles. The lowest BCUT2D eigenvalue weighted by molar-refractivity contribution is 0.0240. The van der Waals surface area contributed by atoms with Crippen LogP contribution >= 0.6 is 0 Å². The third-order valence-electron chi connectivity index (χ3n) is 7.74. The second kappa shape index (κ2) is 13.2. The van der Waals surface area contributed by atoms with Gasteiger partial charge in [-0.15, -0.1) is 0 Å². The number of carbonyl (C=O) groups excluding carboxylic acids is 2. The minimum absolute atomic E-state index is 0.0928. The minimum Gasteiger partial charge on any atom is -0.444 e. The first kappa shape index (κ1) is 34.2. The zero-order valence-electron chi connectivity index (χ0n) is 27.0. The van der Waals surface area contributed by atoms with E-state index in [1.165, 1.54) is 19.4 Å². The van der Waals surface area contributed by atoms with Crippen LogP contribution in [0.5, 0.6) is 0 Å². The van der Waals surface area contributed by atoms with Crippen LogP contribution in [0.4, 0.5) is 25.1 Å². The summed E-state index contributed by atoms with van der Waals surface area (Å²) in [6.07, 6.45) is 3.92. The maximum Gasteiger partial charge on any atom is 0.410 e. The van der Waals surface area contributed by atoms with Crippen LogP contribution < -0.4 is 9.62 Å². The van der Waals surface area contributed by atoms with Gasteiger partial charge in [0.1, 0.15) is 29.0 Å². The number of hydrogen-bond donors (Lipinski definition) is 2. The Hall–Kier alpha value is -5.14. The average molecular weight is 681 g/mol. The quantitative estimate of drug-likeness (QED) is 0.252. The van der Waals surface area contributed by atoms with Gasteiger partial charge in [0.05, 0.1) is 16.8 Å². The summed E-state index contributed by atoms with van der Waals surface area (Å²) in [5.41, 5.74) is -0.714. The molecule has 252 valence electrons. The number of hydrogen-bond acceptors (Lipinski definition) is 9. The summed E-state index contributed by atoms with van der Waals surface area (Å²) < 4.78 is 63.8. The Morgan fingerprint density at radius 1 is 1.10 bits per heavy atom. The molecule has 0 spiro atoms. The molecule has 5 rings (SSSR count). The van der Waals surface area contributed by atoms with E-state index in [1.807, 2.05) is 4.90 Å². The lowest BCUT2D eigenvalue weighted by Gasteiger charge is -2.36. The first-order valence-corrected chi connectivity index (χ1v) is 16.4. The highest BCUT2D eigenvalue weighted by molar-refractivity contribution is 7.90. The van der Waals surface area contributed by atoms with E-state index in [1.54, 1.807) is 50.9 Å². The number of carbonyl (C=O) groups is 2. The van der Waals surface area contributed by atoms with E-state index < -0.39 is 50.6 Å². The molecular formula is C32H34F2N8O5S. The second-order valence-electron chi connectivity index (χ2n) is 12.1. The number of nitrogens with zero attached hydrogens (tertiary/aromatic N) is 6. The molecule has 1 aliphatic heterocycles. The van der Waals surface area contributed by atoms with Crippen molar-refractivity contribution in [3.63, 3.8) is 0 Å². The molecule has 13 nitrogen and oxygen atoms in total. The number of aromatic amines is 1. The summed E-state index contributed by atoms with van der Waals surface area (Å²) in [7, 11) is -2.87. The molecule has 0 radical (unpaired) electrons. The molecule has 1 saturated heterocycles. The summed E-state index contributed by atoms with van der Waals surface area (Å²) in [6.45, 7) is 8.73. The molecule has 16 heteroatoms. The number of ether oxygens (including phenoxy) is 1. The van der Waals surface area contributed by atoms with Crippen molar-refractivity contribution in [1.82, 2.24) is 24.2 Å². The van der Waals surface area contributed by atoms with Gasteiger partial charge in [0.25, 0.3) is 0 Å². The maximum absolute atomic E-state index is 15.5. The SMILES string of the molecule is CCN(C)S(=O)(=O)Nc1ccc(F)c(C(=O)c2c[nH]c3ncc(-c4cnc(N5CCN(C(=O)OC(C)(C)C)CC5)c(C#N)c4)cc23)c1F. The van der Waals surface area contributed by atoms with E-state index in [0.717, 1.165) is 16.4 Å². The molecule has 0 unspecified atom stereocenters. The average Bonchev–Trinajstić information content (AvgIpc) is 3.48. The van der Waals surface area contributed by atoms with E-state index in [4.69, 9.17) is 4.74 Å². The number of anilines is 2. The number of amides is 1.